The van der Waals surface area contributed by atoms with Gasteiger partial charge in [-0.3, -0.25) is 5.10 Å². The molecule has 2 aromatic heterocycles. The third kappa shape index (κ3) is 1.59. The Kier molecular flexibility index (Phi) is 2.31. The van der Waals surface area contributed by atoms with Crippen LogP contribution in [-0.4, -0.2) is 10.2 Å². The van der Waals surface area contributed by atoms with E-state index < -0.39 is 0 Å². The van der Waals surface area contributed by atoms with Gasteiger partial charge in [0.15, 0.2) is 5.82 Å². The quantitative estimate of drug-likeness (QED) is 0.842. The molecular weight excluding hydrogens is 274 g/mol. The van der Waals surface area contributed by atoms with E-state index in [0.29, 0.717) is 5.82 Å². The van der Waals surface area contributed by atoms with Crippen LogP contribution in [0.25, 0.3) is 10.6 Å². The molecule has 6 heteroatoms. The number of aromatic nitrogens is 2. The summed E-state index contributed by atoms with van der Waals surface area (Å²) in [5.41, 5.74) is 6.44. The van der Waals surface area contributed by atoms with Gasteiger partial charge in [0.05, 0.1) is 19.4 Å². The molecule has 13 heavy (non-hydrogen) atoms. The molecule has 0 bridgehead atoms. The lowest BCUT2D eigenvalue weighted by Crippen LogP contribution is -1.83. The number of anilines is 1. The maximum Gasteiger partial charge on any atom is 0.160 e. The Morgan fingerprint density at radius 2 is 2.31 bits per heavy atom. The van der Waals surface area contributed by atoms with Crippen LogP contribution in [0.15, 0.2) is 16.6 Å². The van der Waals surface area contributed by atoms with E-state index in [4.69, 9.17) is 17.3 Å². The van der Waals surface area contributed by atoms with E-state index in [2.05, 4.69) is 26.1 Å². The summed E-state index contributed by atoms with van der Waals surface area (Å²) < 4.78 is 1.53. The molecule has 0 unspecified atom stereocenters. The molecule has 0 saturated heterocycles. The highest BCUT2D eigenvalue weighted by molar-refractivity contribution is 9.10. The summed E-state index contributed by atoms with van der Waals surface area (Å²) >= 11 is 10.6. The van der Waals surface area contributed by atoms with E-state index in [-0.39, 0.29) is 0 Å². The fourth-order valence-corrected chi connectivity index (χ4v) is 2.52. The maximum atomic E-state index is 5.81. The lowest BCUT2D eigenvalue weighted by Gasteiger charge is -1.91. The van der Waals surface area contributed by atoms with Crippen molar-refractivity contribution in [3.05, 3.63) is 20.9 Å². The zero-order valence-corrected chi connectivity index (χ0v) is 9.50. The first-order valence-electron chi connectivity index (χ1n) is 3.43. The standard InChI is InChI=1S/C7H5BrClN3S/c8-5-6(11-12-7(5)10)3-1-2-4(9)13-3/h1-2H,(H3,10,11,12). The van der Waals surface area contributed by atoms with Gasteiger partial charge < -0.3 is 5.73 Å². The van der Waals surface area contributed by atoms with Crippen LogP contribution in [0.4, 0.5) is 5.82 Å². The minimum Gasteiger partial charge on any atom is -0.381 e. The number of nitrogens with two attached hydrogens (primary N) is 1. The largest absolute Gasteiger partial charge is 0.381 e. The van der Waals surface area contributed by atoms with Crippen molar-refractivity contribution < 1.29 is 0 Å². The zero-order valence-electron chi connectivity index (χ0n) is 6.34. The van der Waals surface area contributed by atoms with Crippen molar-refractivity contribution in [2.45, 2.75) is 0 Å². The molecule has 0 aliphatic carbocycles. The molecule has 0 spiro atoms. The lowest BCUT2D eigenvalue weighted by molar-refractivity contribution is 1.11. The minimum atomic E-state index is 0.458. The van der Waals surface area contributed by atoms with Crippen LogP contribution in [0, 0.1) is 0 Å². The monoisotopic (exact) mass is 277 g/mol. The van der Waals surface area contributed by atoms with Gasteiger partial charge in [-0.05, 0) is 28.1 Å². The van der Waals surface area contributed by atoms with E-state index in [0.717, 1.165) is 19.4 Å². The van der Waals surface area contributed by atoms with Crippen molar-refractivity contribution in [3.63, 3.8) is 0 Å². The Hall–Kier alpha value is -0.520. The average Bonchev–Trinajstić information content (AvgIpc) is 2.62. The second kappa shape index (κ2) is 3.32. The van der Waals surface area contributed by atoms with Crippen LogP contribution >= 0.6 is 38.9 Å². The van der Waals surface area contributed by atoms with Crippen molar-refractivity contribution in [3.8, 4) is 10.6 Å². The van der Waals surface area contributed by atoms with Crippen LogP contribution in [0.2, 0.25) is 4.34 Å². The van der Waals surface area contributed by atoms with Crippen LogP contribution < -0.4 is 5.73 Å². The SMILES string of the molecule is Nc1n[nH]c(-c2ccc(Cl)s2)c1Br. The third-order valence-corrected chi connectivity index (χ3v) is 3.60. The summed E-state index contributed by atoms with van der Waals surface area (Å²) in [6.07, 6.45) is 0. The molecule has 0 aliphatic heterocycles. The normalized spacial score (nSPS) is 10.6. The molecule has 2 heterocycles. The van der Waals surface area contributed by atoms with Crippen molar-refractivity contribution in [1.82, 2.24) is 10.2 Å². The number of rotatable bonds is 1. The maximum absolute atomic E-state index is 5.81. The van der Waals surface area contributed by atoms with Gasteiger partial charge in [-0.2, -0.15) is 5.10 Å². The number of nitrogens with one attached hydrogen (secondary N) is 1. The van der Waals surface area contributed by atoms with Gasteiger partial charge in [-0.1, -0.05) is 11.6 Å². The minimum absolute atomic E-state index is 0.458. The van der Waals surface area contributed by atoms with Crippen molar-refractivity contribution in [2.75, 3.05) is 5.73 Å². The van der Waals surface area contributed by atoms with Crippen LogP contribution in [0.5, 0.6) is 0 Å². The van der Waals surface area contributed by atoms with E-state index >= 15 is 0 Å². The Balaban J connectivity index is 2.52. The summed E-state index contributed by atoms with van der Waals surface area (Å²) in [6, 6.07) is 3.76. The summed E-state index contributed by atoms with van der Waals surface area (Å²) in [6.45, 7) is 0. The van der Waals surface area contributed by atoms with Gasteiger partial charge in [-0.15, -0.1) is 11.3 Å². The second-order valence-electron chi connectivity index (χ2n) is 2.40. The van der Waals surface area contributed by atoms with Crippen LogP contribution in [0.1, 0.15) is 0 Å². The van der Waals surface area contributed by atoms with Crippen LogP contribution in [-0.2, 0) is 0 Å². The highest BCUT2D eigenvalue weighted by atomic mass is 79.9. The molecule has 0 saturated carbocycles. The van der Waals surface area contributed by atoms with Crippen molar-refractivity contribution in [2.24, 2.45) is 0 Å². The van der Waals surface area contributed by atoms with Gasteiger partial charge in [0.2, 0.25) is 0 Å². The Morgan fingerprint density at radius 3 is 2.77 bits per heavy atom. The predicted octanol–water partition coefficient (Wildman–Crippen LogP) is 3.14. The van der Waals surface area contributed by atoms with E-state index in [1.807, 2.05) is 12.1 Å². The number of hydrogen-bond donors (Lipinski definition) is 2. The molecule has 0 aromatic carbocycles. The number of H-pyrrole nitrogens is 1. The number of hydrogen-bond acceptors (Lipinski definition) is 3. The summed E-state index contributed by atoms with van der Waals surface area (Å²) in [5.74, 6) is 0.458. The molecule has 0 atom stereocenters. The van der Waals surface area contributed by atoms with E-state index in [1.54, 1.807) is 0 Å². The molecule has 0 fully saturated rings. The topological polar surface area (TPSA) is 54.7 Å². The summed E-state index contributed by atoms with van der Waals surface area (Å²) in [5, 5.41) is 6.70. The molecule has 2 rings (SSSR count). The molecule has 3 N–H and O–H groups in total. The van der Waals surface area contributed by atoms with E-state index in [1.165, 1.54) is 11.3 Å². The van der Waals surface area contributed by atoms with Gasteiger partial charge in [0, 0.05) is 0 Å². The number of aromatic amines is 1. The lowest BCUT2D eigenvalue weighted by atomic mass is 10.3. The molecule has 3 nitrogen and oxygen atoms in total. The first-order valence-corrected chi connectivity index (χ1v) is 5.42. The number of thiophene rings is 1. The predicted molar refractivity (Wildman–Crippen MR) is 59.0 cm³/mol. The second-order valence-corrected chi connectivity index (χ2v) is 4.91. The first kappa shape index (κ1) is 9.05. The number of nitrogen functional groups attached to an aromatic ring is 1. The summed E-state index contributed by atoms with van der Waals surface area (Å²) in [4.78, 5) is 1.01. The van der Waals surface area contributed by atoms with Gasteiger partial charge in [-0.25, -0.2) is 0 Å². The molecular formula is C7H5BrClN3S. The fraction of sp³-hybridized carbons (Fsp3) is 0. The summed E-state index contributed by atoms with van der Waals surface area (Å²) in [7, 11) is 0. The highest BCUT2D eigenvalue weighted by Gasteiger charge is 2.11. The van der Waals surface area contributed by atoms with Crippen molar-refractivity contribution >= 4 is 44.7 Å². The third-order valence-electron chi connectivity index (χ3n) is 1.55. The average molecular weight is 279 g/mol. The molecule has 68 valence electrons. The molecule has 0 amide bonds. The van der Waals surface area contributed by atoms with Gasteiger partial charge in [0.1, 0.15) is 0 Å². The molecule has 2 aromatic rings. The van der Waals surface area contributed by atoms with E-state index in [9.17, 15) is 0 Å². The molecule has 0 aliphatic rings. The van der Waals surface area contributed by atoms with Crippen molar-refractivity contribution in [1.29, 1.82) is 0 Å². The Bertz CT molecular complexity index is 437. The first-order chi connectivity index (χ1) is 6.18. The Morgan fingerprint density at radius 1 is 1.54 bits per heavy atom. The fourth-order valence-electron chi connectivity index (χ4n) is 0.954. The van der Waals surface area contributed by atoms with Crippen LogP contribution in [0.3, 0.4) is 0 Å². The highest BCUT2D eigenvalue weighted by Crippen LogP contribution is 2.35. The smallest absolute Gasteiger partial charge is 0.160 e. The number of halogens is 2. The molecule has 0 radical (unpaired) electrons. The van der Waals surface area contributed by atoms with Gasteiger partial charge >= 0.3 is 0 Å². The van der Waals surface area contributed by atoms with Gasteiger partial charge in [0.25, 0.3) is 0 Å². The Labute approximate surface area is 92.0 Å². The zero-order chi connectivity index (χ0) is 9.42. The number of nitrogens with zero attached hydrogens (tertiary/aromatic N) is 1.